The standard InChI is InChI=1S/C30H59N3/c1-28(2,22-9-15-25(31)16-10-22)21-30(5,24-13-19-27(20-14-24)33(7)8)29(3,4)23-11-17-26(32-6)18-12-23/h22-27,32H,9-21,31H2,1-8H3. The van der Waals surface area contributed by atoms with E-state index < -0.39 is 0 Å². The van der Waals surface area contributed by atoms with Gasteiger partial charge in [-0.1, -0.05) is 34.6 Å². The molecular weight excluding hydrogens is 402 g/mol. The number of nitrogens with one attached hydrogen (secondary N) is 1. The van der Waals surface area contributed by atoms with Gasteiger partial charge in [0.25, 0.3) is 0 Å². The highest BCUT2D eigenvalue weighted by Gasteiger charge is 2.54. The number of nitrogens with zero attached hydrogens (tertiary/aromatic N) is 1. The summed E-state index contributed by atoms with van der Waals surface area (Å²) in [5.41, 5.74) is 7.47. The van der Waals surface area contributed by atoms with Crippen LogP contribution in [0.5, 0.6) is 0 Å². The molecule has 0 heterocycles. The summed E-state index contributed by atoms with van der Waals surface area (Å²) in [5.74, 6) is 2.55. The van der Waals surface area contributed by atoms with Gasteiger partial charge < -0.3 is 16.0 Å². The summed E-state index contributed by atoms with van der Waals surface area (Å²) in [6, 6.07) is 1.97. The molecule has 0 aromatic rings. The van der Waals surface area contributed by atoms with Crippen molar-refractivity contribution in [2.24, 2.45) is 39.7 Å². The molecule has 3 aliphatic rings. The van der Waals surface area contributed by atoms with Crippen LogP contribution in [0.3, 0.4) is 0 Å². The van der Waals surface area contributed by atoms with Crippen LogP contribution in [0.15, 0.2) is 0 Å². The zero-order chi connectivity index (χ0) is 24.4. The summed E-state index contributed by atoms with van der Waals surface area (Å²) < 4.78 is 0. The fourth-order valence-corrected chi connectivity index (χ4v) is 8.69. The minimum absolute atomic E-state index is 0.379. The topological polar surface area (TPSA) is 41.3 Å². The van der Waals surface area contributed by atoms with E-state index >= 15 is 0 Å². The van der Waals surface area contributed by atoms with Gasteiger partial charge in [-0.05, 0) is 139 Å². The van der Waals surface area contributed by atoms with E-state index in [1.807, 2.05) is 0 Å². The van der Waals surface area contributed by atoms with E-state index in [9.17, 15) is 0 Å². The van der Waals surface area contributed by atoms with E-state index in [4.69, 9.17) is 5.73 Å². The summed E-state index contributed by atoms with van der Waals surface area (Å²) in [6.45, 7) is 13.3. The molecule has 3 heteroatoms. The first-order valence-corrected chi connectivity index (χ1v) is 14.5. The molecule has 0 amide bonds. The zero-order valence-corrected chi connectivity index (χ0v) is 23.7. The van der Waals surface area contributed by atoms with Gasteiger partial charge in [-0.25, -0.2) is 0 Å². The van der Waals surface area contributed by atoms with Crippen LogP contribution in [0.2, 0.25) is 0 Å². The van der Waals surface area contributed by atoms with Gasteiger partial charge in [0.15, 0.2) is 0 Å². The van der Waals surface area contributed by atoms with Gasteiger partial charge in [0, 0.05) is 18.1 Å². The predicted octanol–water partition coefficient (Wildman–Crippen LogP) is 6.85. The molecule has 0 bridgehead atoms. The van der Waals surface area contributed by atoms with Crippen molar-refractivity contribution in [1.82, 2.24) is 10.2 Å². The lowest BCUT2D eigenvalue weighted by Gasteiger charge is -2.59. The maximum absolute atomic E-state index is 6.30. The lowest BCUT2D eigenvalue weighted by atomic mass is 9.46. The Kier molecular flexibility index (Phi) is 9.05. The van der Waals surface area contributed by atoms with Crippen LogP contribution in [-0.4, -0.2) is 44.2 Å². The molecule has 3 nitrogen and oxygen atoms in total. The molecule has 0 aromatic heterocycles. The molecule has 194 valence electrons. The van der Waals surface area contributed by atoms with E-state index in [2.05, 4.69) is 66.0 Å². The van der Waals surface area contributed by atoms with Gasteiger partial charge in [-0.3, -0.25) is 0 Å². The molecule has 3 fully saturated rings. The number of rotatable bonds is 8. The summed E-state index contributed by atoms with van der Waals surface area (Å²) in [5, 5.41) is 3.56. The lowest BCUT2D eigenvalue weighted by Crippen LogP contribution is -2.52. The molecule has 3 N–H and O–H groups in total. The maximum atomic E-state index is 6.30. The maximum Gasteiger partial charge on any atom is 0.00893 e. The molecule has 3 aliphatic carbocycles. The van der Waals surface area contributed by atoms with Crippen LogP contribution < -0.4 is 11.1 Å². The minimum Gasteiger partial charge on any atom is -0.328 e. The minimum atomic E-state index is 0.379. The number of nitrogens with two attached hydrogens (primary N) is 1. The molecular formula is C30H59N3. The molecule has 0 radical (unpaired) electrons. The Morgan fingerprint density at radius 2 is 1.18 bits per heavy atom. The van der Waals surface area contributed by atoms with Gasteiger partial charge in [0.05, 0.1) is 0 Å². The third-order valence-electron chi connectivity index (χ3n) is 11.7. The molecule has 0 spiro atoms. The van der Waals surface area contributed by atoms with E-state index in [1.165, 1.54) is 83.5 Å². The molecule has 3 rings (SSSR count). The molecule has 0 aliphatic heterocycles. The van der Waals surface area contributed by atoms with Crippen molar-refractivity contribution < 1.29 is 0 Å². The van der Waals surface area contributed by atoms with Gasteiger partial charge in [0.2, 0.25) is 0 Å². The Labute approximate surface area is 207 Å². The Hall–Kier alpha value is -0.120. The normalized spacial score (nSPS) is 36.5. The second kappa shape index (κ2) is 10.9. The predicted molar refractivity (Wildman–Crippen MR) is 144 cm³/mol. The van der Waals surface area contributed by atoms with Crippen LogP contribution in [0, 0.1) is 34.0 Å². The van der Waals surface area contributed by atoms with E-state index in [0.29, 0.717) is 22.3 Å². The SMILES string of the molecule is CNC1CCC(C(C)(C)C(C)(CC(C)(C)C2CCC(N)CC2)C2CCC(N(C)C)CC2)CC1. The van der Waals surface area contributed by atoms with E-state index in [-0.39, 0.29) is 0 Å². The Balaban J connectivity index is 1.84. The van der Waals surface area contributed by atoms with E-state index in [1.54, 1.807) is 0 Å². The molecule has 33 heavy (non-hydrogen) atoms. The average molecular weight is 462 g/mol. The van der Waals surface area contributed by atoms with Crippen LogP contribution in [-0.2, 0) is 0 Å². The van der Waals surface area contributed by atoms with E-state index in [0.717, 1.165) is 29.8 Å². The van der Waals surface area contributed by atoms with Crippen LogP contribution in [0.25, 0.3) is 0 Å². The second-order valence-electron chi connectivity index (χ2n) is 14.2. The van der Waals surface area contributed by atoms with Crippen molar-refractivity contribution in [3.63, 3.8) is 0 Å². The van der Waals surface area contributed by atoms with Crippen molar-refractivity contribution in [3.8, 4) is 0 Å². The van der Waals surface area contributed by atoms with Crippen molar-refractivity contribution in [3.05, 3.63) is 0 Å². The van der Waals surface area contributed by atoms with Crippen LogP contribution in [0.1, 0.15) is 118 Å². The highest BCUT2D eigenvalue weighted by atomic mass is 15.1. The summed E-state index contributed by atoms with van der Waals surface area (Å²) in [7, 11) is 6.72. The highest BCUT2D eigenvalue weighted by molar-refractivity contribution is 5.04. The van der Waals surface area contributed by atoms with Gasteiger partial charge in [-0.15, -0.1) is 0 Å². The Morgan fingerprint density at radius 1 is 0.697 bits per heavy atom. The van der Waals surface area contributed by atoms with Crippen molar-refractivity contribution in [1.29, 1.82) is 0 Å². The summed E-state index contributed by atoms with van der Waals surface area (Å²) in [6.07, 6.45) is 17.7. The number of hydrogen-bond acceptors (Lipinski definition) is 3. The number of hydrogen-bond donors (Lipinski definition) is 2. The first-order chi connectivity index (χ1) is 15.4. The lowest BCUT2D eigenvalue weighted by molar-refractivity contribution is -0.0953. The molecule has 3 saturated carbocycles. The Morgan fingerprint density at radius 3 is 1.67 bits per heavy atom. The van der Waals surface area contributed by atoms with Crippen LogP contribution in [0.4, 0.5) is 0 Å². The van der Waals surface area contributed by atoms with Crippen molar-refractivity contribution >= 4 is 0 Å². The van der Waals surface area contributed by atoms with Gasteiger partial charge >= 0.3 is 0 Å². The van der Waals surface area contributed by atoms with Gasteiger partial charge in [0.1, 0.15) is 0 Å². The summed E-state index contributed by atoms with van der Waals surface area (Å²) >= 11 is 0. The largest absolute Gasteiger partial charge is 0.328 e. The molecule has 1 unspecified atom stereocenters. The average Bonchev–Trinajstić information content (AvgIpc) is 2.79. The summed E-state index contributed by atoms with van der Waals surface area (Å²) in [4.78, 5) is 2.48. The fraction of sp³-hybridized carbons (Fsp3) is 1.00. The quantitative estimate of drug-likeness (QED) is 0.415. The monoisotopic (exact) mass is 461 g/mol. The molecule has 0 saturated heterocycles. The zero-order valence-electron chi connectivity index (χ0n) is 23.7. The highest BCUT2D eigenvalue weighted by Crippen LogP contribution is 2.62. The first-order valence-electron chi connectivity index (χ1n) is 14.5. The molecule has 0 aromatic carbocycles. The van der Waals surface area contributed by atoms with Crippen molar-refractivity contribution in [2.75, 3.05) is 21.1 Å². The fourth-order valence-electron chi connectivity index (χ4n) is 8.69. The Bertz CT molecular complexity index is 588. The van der Waals surface area contributed by atoms with Crippen molar-refractivity contribution in [2.45, 2.75) is 136 Å². The first kappa shape index (κ1) is 27.5. The third kappa shape index (κ3) is 6.00. The second-order valence-corrected chi connectivity index (χ2v) is 14.2. The smallest absolute Gasteiger partial charge is 0.00893 e. The third-order valence-corrected chi connectivity index (χ3v) is 11.7. The van der Waals surface area contributed by atoms with Gasteiger partial charge in [-0.2, -0.15) is 0 Å². The molecule has 1 atom stereocenters. The van der Waals surface area contributed by atoms with Crippen LogP contribution >= 0.6 is 0 Å².